The van der Waals surface area contributed by atoms with Gasteiger partial charge in [-0.25, -0.2) is 0 Å². The minimum absolute atomic E-state index is 0.0343. The molecule has 0 spiro atoms. The highest BCUT2D eigenvalue weighted by molar-refractivity contribution is 7.99. The summed E-state index contributed by atoms with van der Waals surface area (Å²) in [5.74, 6) is 2.25. The molecule has 18 heavy (non-hydrogen) atoms. The van der Waals surface area contributed by atoms with E-state index >= 15 is 0 Å². The normalized spacial score (nSPS) is 26.2. The Morgan fingerprint density at radius 2 is 1.94 bits per heavy atom. The topological polar surface area (TPSA) is 29.5 Å². The van der Waals surface area contributed by atoms with E-state index in [1.54, 1.807) is 11.8 Å². The third-order valence-electron chi connectivity index (χ3n) is 4.04. The van der Waals surface area contributed by atoms with Crippen LogP contribution in [0.2, 0.25) is 0 Å². The molecule has 1 heterocycles. The average molecular weight is 264 g/mol. The number of benzene rings is 1. The van der Waals surface area contributed by atoms with Gasteiger partial charge in [-0.05, 0) is 30.9 Å². The van der Waals surface area contributed by atoms with Crippen LogP contribution in [0.25, 0.3) is 0 Å². The molecule has 1 N–H and O–H groups in total. The third-order valence-corrected chi connectivity index (χ3v) is 5.19. The fourth-order valence-electron chi connectivity index (χ4n) is 2.98. The van der Waals surface area contributed by atoms with E-state index in [0.717, 1.165) is 24.3 Å². The summed E-state index contributed by atoms with van der Waals surface area (Å²) in [5, 5.41) is 10.5. The molecule has 3 rings (SSSR count). The summed E-state index contributed by atoms with van der Waals surface area (Å²) in [5.41, 5.74) is 0. The van der Waals surface area contributed by atoms with Gasteiger partial charge < -0.3 is 9.84 Å². The Balaban J connectivity index is 1.67. The van der Waals surface area contributed by atoms with E-state index in [9.17, 15) is 5.11 Å². The molecule has 2 atom stereocenters. The molecule has 1 saturated carbocycles. The maximum absolute atomic E-state index is 10.5. The van der Waals surface area contributed by atoms with Crippen molar-refractivity contribution in [2.24, 2.45) is 5.92 Å². The summed E-state index contributed by atoms with van der Waals surface area (Å²) < 4.78 is 5.98. The zero-order valence-electron chi connectivity index (χ0n) is 10.5. The monoisotopic (exact) mass is 264 g/mol. The van der Waals surface area contributed by atoms with Crippen LogP contribution in [0.5, 0.6) is 5.75 Å². The largest absolute Gasteiger partial charge is 0.486 e. The summed E-state index contributed by atoms with van der Waals surface area (Å²) in [6, 6.07) is 8.12. The Kier molecular flexibility index (Phi) is 3.80. The number of aliphatic hydroxyl groups excluding tert-OH is 1. The Labute approximate surface area is 113 Å². The summed E-state index contributed by atoms with van der Waals surface area (Å²) in [7, 11) is 0. The van der Waals surface area contributed by atoms with Gasteiger partial charge in [0.15, 0.2) is 0 Å². The summed E-state index contributed by atoms with van der Waals surface area (Å²) >= 11 is 1.80. The van der Waals surface area contributed by atoms with Crippen LogP contribution in [0.4, 0.5) is 0 Å². The second kappa shape index (κ2) is 5.54. The standard InChI is InChI=1S/C15H20O2S/c16-15(11-6-2-1-3-7-11)13-10-18-14-9-5-4-8-12(14)17-13/h4-5,8-9,11,13,15-16H,1-3,6-7,10H2. The maximum atomic E-state index is 10.5. The Hall–Kier alpha value is -0.670. The van der Waals surface area contributed by atoms with Gasteiger partial charge in [-0.1, -0.05) is 31.4 Å². The molecule has 2 nitrogen and oxygen atoms in total. The van der Waals surface area contributed by atoms with Crippen molar-refractivity contribution in [3.8, 4) is 5.75 Å². The van der Waals surface area contributed by atoms with Crippen molar-refractivity contribution in [2.75, 3.05) is 5.75 Å². The van der Waals surface area contributed by atoms with E-state index in [4.69, 9.17) is 4.74 Å². The van der Waals surface area contributed by atoms with Crippen LogP contribution in [0.1, 0.15) is 32.1 Å². The lowest BCUT2D eigenvalue weighted by atomic mass is 9.83. The number of thioether (sulfide) groups is 1. The highest BCUT2D eigenvalue weighted by Crippen LogP contribution is 2.38. The predicted octanol–water partition coefficient (Wildman–Crippen LogP) is 3.48. The molecule has 0 aromatic heterocycles. The van der Waals surface area contributed by atoms with Crippen LogP contribution in [0, 0.1) is 5.92 Å². The second-order valence-electron chi connectivity index (χ2n) is 5.30. The number of para-hydroxylation sites is 1. The van der Waals surface area contributed by atoms with Gasteiger partial charge in [-0.2, -0.15) is 0 Å². The van der Waals surface area contributed by atoms with Gasteiger partial charge in [-0.15, -0.1) is 11.8 Å². The average Bonchev–Trinajstić information content (AvgIpc) is 2.47. The molecular weight excluding hydrogens is 244 g/mol. The fraction of sp³-hybridized carbons (Fsp3) is 0.600. The molecule has 2 unspecified atom stereocenters. The zero-order chi connectivity index (χ0) is 12.4. The summed E-state index contributed by atoms with van der Waals surface area (Å²) in [6.07, 6.45) is 5.84. The highest BCUT2D eigenvalue weighted by atomic mass is 32.2. The van der Waals surface area contributed by atoms with E-state index < -0.39 is 0 Å². The number of fused-ring (bicyclic) bond motifs is 1. The van der Waals surface area contributed by atoms with Gasteiger partial charge in [-0.3, -0.25) is 0 Å². The molecule has 98 valence electrons. The predicted molar refractivity (Wildman–Crippen MR) is 74.2 cm³/mol. The lowest BCUT2D eigenvalue weighted by Crippen LogP contribution is -2.41. The second-order valence-corrected chi connectivity index (χ2v) is 6.36. The maximum Gasteiger partial charge on any atom is 0.134 e. The first kappa shape index (κ1) is 12.4. The summed E-state index contributed by atoms with van der Waals surface area (Å²) in [6.45, 7) is 0. The van der Waals surface area contributed by atoms with Crippen molar-refractivity contribution in [1.29, 1.82) is 0 Å². The molecule has 1 aromatic carbocycles. The van der Waals surface area contributed by atoms with Crippen molar-refractivity contribution in [3.05, 3.63) is 24.3 Å². The molecule has 0 bridgehead atoms. The van der Waals surface area contributed by atoms with Crippen LogP contribution in [0.15, 0.2) is 29.2 Å². The van der Waals surface area contributed by atoms with E-state index in [2.05, 4.69) is 6.07 Å². The van der Waals surface area contributed by atoms with E-state index in [1.807, 2.05) is 18.2 Å². The van der Waals surface area contributed by atoms with Crippen molar-refractivity contribution in [1.82, 2.24) is 0 Å². The number of hydrogen-bond acceptors (Lipinski definition) is 3. The number of rotatable bonds is 2. The van der Waals surface area contributed by atoms with Crippen LogP contribution in [-0.2, 0) is 0 Å². The molecule has 1 aliphatic carbocycles. The first-order valence-electron chi connectivity index (χ1n) is 6.91. The molecule has 1 aliphatic heterocycles. The van der Waals surface area contributed by atoms with Gasteiger partial charge >= 0.3 is 0 Å². The van der Waals surface area contributed by atoms with Gasteiger partial charge in [0.25, 0.3) is 0 Å². The van der Waals surface area contributed by atoms with Crippen LogP contribution in [0.3, 0.4) is 0 Å². The molecule has 0 saturated heterocycles. The van der Waals surface area contributed by atoms with E-state index in [1.165, 1.54) is 24.2 Å². The molecule has 1 fully saturated rings. The highest BCUT2D eigenvalue weighted by Gasteiger charge is 2.32. The number of aliphatic hydroxyl groups is 1. The van der Waals surface area contributed by atoms with Gasteiger partial charge in [0.1, 0.15) is 11.9 Å². The minimum Gasteiger partial charge on any atom is -0.486 e. The van der Waals surface area contributed by atoms with Gasteiger partial charge in [0, 0.05) is 10.6 Å². The number of hydrogen-bond donors (Lipinski definition) is 1. The van der Waals surface area contributed by atoms with Crippen molar-refractivity contribution < 1.29 is 9.84 Å². The zero-order valence-corrected chi connectivity index (χ0v) is 11.4. The van der Waals surface area contributed by atoms with Crippen LogP contribution in [-0.4, -0.2) is 23.1 Å². The van der Waals surface area contributed by atoms with Crippen molar-refractivity contribution in [2.45, 2.75) is 49.2 Å². The molecule has 3 heteroatoms. The lowest BCUT2D eigenvalue weighted by Gasteiger charge is -2.34. The summed E-state index contributed by atoms with van der Waals surface area (Å²) in [4.78, 5) is 1.20. The molecule has 2 aliphatic rings. The van der Waals surface area contributed by atoms with Crippen LogP contribution >= 0.6 is 11.8 Å². The van der Waals surface area contributed by atoms with Crippen molar-refractivity contribution >= 4 is 11.8 Å². The first-order chi connectivity index (χ1) is 8.84. The Morgan fingerprint density at radius 3 is 2.78 bits per heavy atom. The Morgan fingerprint density at radius 1 is 1.17 bits per heavy atom. The van der Waals surface area contributed by atoms with Gasteiger partial charge in [0.2, 0.25) is 0 Å². The Bertz CT molecular complexity index is 401. The molecule has 0 amide bonds. The van der Waals surface area contributed by atoms with Crippen LogP contribution < -0.4 is 4.74 Å². The molecular formula is C15H20O2S. The number of ether oxygens (including phenoxy) is 1. The fourth-order valence-corrected chi connectivity index (χ4v) is 4.03. The lowest BCUT2D eigenvalue weighted by molar-refractivity contribution is -0.00548. The van der Waals surface area contributed by atoms with E-state index in [0.29, 0.717) is 5.92 Å². The quantitative estimate of drug-likeness (QED) is 0.886. The smallest absolute Gasteiger partial charge is 0.134 e. The SMILES string of the molecule is OC(C1CCCCC1)C1CSc2ccccc2O1. The third kappa shape index (κ3) is 2.52. The van der Waals surface area contributed by atoms with Crippen molar-refractivity contribution in [3.63, 3.8) is 0 Å². The first-order valence-corrected chi connectivity index (χ1v) is 7.90. The van der Waals surface area contributed by atoms with E-state index in [-0.39, 0.29) is 12.2 Å². The molecule has 1 aromatic rings. The minimum atomic E-state index is -0.300. The molecule has 0 radical (unpaired) electrons. The van der Waals surface area contributed by atoms with Gasteiger partial charge in [0.05, 0.1) is 6.10 Å².